The van der Waals surface area contributed by atoms with E-state index in [9.17, 15) is 4.79 Å². The second-order valence-corrected chi connectivity index (χ2v) is 9.16. The number of carbonyl (C=O) groups excluding carboxylic acids is 1. The van der Waals surface area contributed by atoms with Crippen LogP contribution in [-0.2, 0) is 17.8 Å². The largest absolute Gasteiger partial charge is 0.492 e. The van der Waals surface area contributed by atoms with E-state index in [-0.39, 0.29) is 5.78 Å². The van der Waals surface area contributed by atoms with Gasteiger partial charge in [-0.1, -0.05) is 31.2 Å². The highest BCUT2D eigenvalue weighted by atomic mass is 35.5. The van der Waals surface area contributed by atoms with E-state index in [1.807, 2.05) is 61.7 Å². The van der Waals surface area contributed by atoms with E-state index in [0.717, 1.165) is 39.7 Å². The number of Topliss-reactive ketones (excluding diaryl/α,β-unsaturated/α-hetero) is 1. The summed E-state index contributed by atoms with van der Waals surface area (Å²) in [6.07, 6.45) is 3.75. The van der Waals surface area contributed by atoms with Gasteiger partial charge in [-0.15, -0.1) is 11.6 Å². The summed E-state index contributed by atoms with van der Waals surface area (Å²) in [5.41, 5.74) is 5.85. The van der Waals surface area contributed by atoms with E-state index in [4.69, 9.17) is 26.3 Å². The average Bonchev–Trinajstić information content (AvgIpc) is 3.36. The summed E-state index contributed by atoms with van der Waals surface area (Å²) in [5.74, 6) is 2.62. The molecule has 2 heterocycles. The number of anilines is 2. The number of ketones is 1. The van der Waals surface area contributed by atoms with Crippen LogP contribution in [0.5, 0.6) is 5.75 Å². The smallest absolute Gasteiger partial charge is 0.162 e. The molecule has 0 radical (unpaired) electrons. The fraction of sp³-hybridized carbons (Fsp3) is 0.241. The number of aromatic nitrogens is 2. The van der Waals surface area contributed by atoms with Crippen LogP contribution in [0.15, 0.2) is 65.7 Å². The molecule has 0 spiro atoms. The molecule has 3 aromatic carbocycles. The molecule has 0 bridgehead atoms. The number of benzene rings is 3. The molecule has 0 saturated heterocycles. The number of hydrogen-bond acceptors (Lipinski definition) is 6. The zero-order chi connectivity index (χ0) is 24.9. The normalized spacial score (nSPS) is 12.1. The SMILES string of the molecule is CCCC(=O)Cc1cccc(-c2nc(Nc3ccc4c(c3)C=NC4)c3cc(OCCCl)ccc3n2)c1. The number of hydrogen-bond donors (Lipinski definition) is 1. The van der Waals surface area contributed by atoms with Crippen molar-refractivity contribution in [2.75, 3.05) is 17.8 Å². The Labute approximate surface area is 215 Å². The van der Waals surface area contributed by atoms with Crippen molar-refractivity contribution in [3.05, 3.63) is 77.4 Å². The maximum absolute atomic E-state index is 12.2. The van der Waals surface area contributed by atoms with Gasteiger partial charge in [0.15, 0.2) is 5.82 Å². The van der Waals surface area contributed by atoms with Crippen LogP contribution in [-0.4, -0.2) is 34.5 Å². The van der Waals surface area contributed by atoms with E-state index in [1.54, 1.807) is 0 Å². The van der Waals surface area contributed by atoms with Crippen molar-refractivity contribution in [2.24, 2.45) is 4.99 Å². The lowest BCUT2D eigenvalue weighted by Gasteiger charge is -2.14. The monoisotopic (exact) mass is 498 g/mol. The molecule has 0 atom stereocenters. The number of carbonyl (C=O) groups is 1. The molecule has 1 aromatic heterocycles. The third kappa shape index (κ3) is 5.39. The third-order valence-electron chi connectivity index (χ3n) is 6.03. The lowest BCUT2D eigenvalue weighted by atomic mass is 10.0. The molecular formula is C29H27ClN4O2. The first kappa shape index (κ1) is 23.9. The molecule has 1 N–H and O–H groups in total. The number of nitrogens with zero attached hydrogens (tertiary/aromatic N) is 3. The number of halogens is 1. The standard InChI is InChI=1S/C29H27ClN4O2/c1-2-4-24(35)14-19-5-3-6-20(13-19)28-33-27-10-9-25(36-12-11-30)16-26(27)29(34-28)32-23-8-7-21-17-31-18-22(21)15-23/h3,5-10,13,15-16,18H,2,4,11-12,14,17H2,1H3,(H,32,33,34). The van der Waals surface area contributed by atoms with Crippen LogP contribution in [0.2, 0.25) is 0 Å². The van der Waals surface area contributed by atoms with Gasteiger partial charge in [0.2, 0.25) is 0 Å². The molecule has 182 valence electrons. The molecule has 7 heteroatoms. The maximum atomic E-state index is 12.2. The number of ether oxygens (including phenoxy) is 1. The van der Waals surface area contributed by atoms with Gasteiger partial charge in [0, 0.05) is 35.7 Å². The predicted molar refractivity (Wildman–Crippen MR) is 146 cm³/mol. The summed E-state index contributed by atoms with van der Waals surface area (Å²) in [5, 5.41) is 4.33. The van der Waals surface area contributed by atoms with Crippen molar-refractivity contribution >= 4 is 46.0 Å². The van der Waals surface area contributed by atoms with Crippen LogP contribution in [0.3, 0.4) is 0 Å². The molecule has 0 unspecified atom stereocenters. The highest BCUT2D eigenvalue weighted by Gasteiger charge is 2.14. The minimum atomic E-state index is 0.237. The molecular weight excluding hydrogens is 472 g/mol. The first-order chi connectivity index (χ1) is 17.6. The molecule has 4 aromatic rings. The number of aliphatic imine (C=N–C) groups is 1. The molecule has 1 aliphatic rings. The van der Waals surface area contributed by atoms with Gasteiger partial charge in [0.25, 0.3) is 0 Å². The Morgan fingerprint density at radius 3 is 2.86 bits per heavy atom. The first-order valence-corrected chi connectivity index (χ1v) is 12.7. The molecule has 0 aliphatic carbocycles. The molecule has 36 heavy (non-hydrogen) atoms. The van der Waals surface area contributed by atoms with E-state index in [0.29, 0.717) is 49.3 Å². The highest BCUT2D eigenvalue weighted by Crippen LogP contribution is 2.31. The number of fused-ring (bicyclic) bond motifs is 2. The Hall–Kier alpha value is -3.77. The van der Waals surface area contributed by atoms with Gasteiger partial charge in [-0.05, 0) is 59.5 Å². The average molecular weight is 499 g/mol. The number of nitrogens with one attached hydrogen (secondary N) is 1. The highest BCUT2D eigenvalue weighted by molar-refractivity contribution is 6.18. The molecule has 0 amide bonds. The number of alkyl halides is 1. The minimum Gasteiger partial charge on any atom is -0.492 e. The lowest BCUT2D eigenvalue weighted by Crippen LogP contribution is -2.03. The van der Waals surface area contributed by atoms with E-state index < -0.39 is 0 Å². The van der Waals surface area contributed by atoms with Gasteiger partial charge in [-0.2, -0.15) is 0 Å². The van der Waals surface area contributed by atoms with Crippen molar-refractivity contribution < 1.29 is 9.53 Å². The van der Waals surface area contributed by atoms with Crippen LogP contribution in [0.25, 0.3) is 22.3 Å². The second kappa shape index (κ2) is 10.9. The summed E-state index contributed by atoms with van der Waals surface area (Å²) in [7, 11) is 0. The Kier molecular flexibility index (Phi) is 7.23. The van der Waals surface area contributed by atoms with Crippen molar-refractivity contribution in [3.8, 4) is 17.1 Å². The molecule has 0 fully saturated rings. The summed E-state index contributed by atoms with van der Waals surface area (Å²) >= 11 is 5.81. The van der Waals surface area contributed by atoms with Gasteiger partial charge >= 0.3 is 0 Å². The Bertz CT molecular complexity index is 1450. The summed E-state index contributed by atoms with van der Waals surface area (Å²) in [6, 6.07) is 19.9. The summed E-state index contributed by atoms with van der Waals surface area (Å²) in [6.45, 7) is 3.16. The lowest BCUT2D eigenvalue weighted by molar-refractivity contribution is -0.118. The second-order valence-electron chi connectivity index (χ2n) is 8.79. The third-order valence-corrected chi connectivity index (χ3v) is 6.18. The van der Waals surface area contributed by atoms with Crippen LogP contribution < -0.4 is 10.1 Å². The van der Waals surface area contributed by atoms with Gasteiger partial charge < -0.3 is 10.1 Å². The minimum absolute atomic E-state index is 0.237. The fourth-order valence-corrected chi connectivity index (χ4v) is 4.39. The molecule has 0 saturated carbocycles. The fourth-order valence-electron chi connectivity index (χ4n) is 4.31. The van der Waals surface area contributed by atoms with Crippen molar-refractivity contribution in [1.29, 1.82) is 0 Å². The van der Waals surface area contributed by atoms with Crippen LogP contribution in [0.1, 0.15) is 36.5 Å². The molecule has 5 rings (SSSR count). The zero-order valence-corrected chi connectivity index (χ0v) is 20.9. The van der Waals surface area contributed by atoms with Crippen molar-refractivity contribution in [2.45, 2.75) is 32.7 Å². The quantitative estimate of drug-likeness (QED) is 0.252. The predicted octanol–water partition coefficient (Wildman–Crippen LogP) is 6.50. The van der Waals surface area contributed by atoms with E-state index in [1.165, 1.54) is 5.56 Å². The maximum Gasteiger partial charge on any atom is 0.162 e. The molecule has 1 aliphatic heterocycles. The Morgan fingerprint density at radius 1 is 1.08 bits per heavy atom. The Balaban J connectivity index is 1.55. The van der Waals surface area contributed by atoms with Crippen molar-refractivity contribution in [1.82, 2.24) is 9.97 Å². The molecule has 6 nitrogen and oxygen atoms in total. The van der Waals surface area contributed by atoms with Crippen LogP contribution in [0.4, 0.5) is 11.5 Å². The topological polar surface area (TPSA) is 76.5 Å². The summed E-state index contributed by atoms with van der Waals surface area (Å²) in [4.78, 5) is 26.3. The van der Waals surface area contributed by atoms with Gasteiger partial charge in [-0.25, -0.2) is 9.97 Å². The van der Waals surface area contributed by atoms with Crippen LogP contribution >= 0.6 is 11.6 Å². The van der Waals surface area contributed by atoms with Gasteiger partial charge in [0.1, 0.15) is 24.0 Å². The van der Waals surface area contributed by atoms with Gasteiger partial charge in [-0.3, -0.25) is 9.79 Å². The van der Waals surface area contributed by atoms with E-state index >= 15 is 0 Å². The Morgan fingerprint density at radius 2 is 2.00 bits per heavy atom. The zero-order valence-electron chi connectivity index (χ0n) is 20.1. The van der Waals surface area contributed by atoms with Crippen LogP contribution in [0, 0.1) is 0 Å². The van der Waals surface area contributed by atoms with Crippen molar-refractivity contribution in [3.63, 3.8) is 0 Å². The number of rotatable bonds is 10. The van der Waals surface area contributed by atoms with Gasteiger partial charge in [0.05, 0.1) is 17.9 Å². The summed E-state index contributed by atoms with van der Waals surface area (Å²) < 4.78 is 5.75. The van der Waals surface area contributed by atoms with E-state index in [2.05, 4.69) is 22.4 Å². The first-order valence-electron chi connectivity index (χ1n) is 12.1.